The molecular weight excluding hydrogens is 318 g/mol. The molecule has 1 aromatic rings. The molecule has 0 radical (unpaired) electrons. The van der Waals surface area contributed by atoms with E-state index in [1.54, 1.807) is 0 Å². The Morgan fingerprint density at radius 1 is 1.18 bits per heavy atom. The first-order valence-electron chi connectivity index (χ1n) is 5.35. The first-order chi connectivity index (χ1) is 9.96. The van der Waals surface area contributed by atoms with Crippen molar-refractivity contribution in [2.24, 2.45) is 0 Å². The number of carboxylic acids is 1. The van der Waals surface area contributed by atoms with Gasteiger partial charge in [-0.25, -0.2) is 4.79 Å². The fraction of sp³-hybridized carbons (Fsp3) is 0.167. The summed E-state index contributed by atoms with van der Waals surface area (Å²) in [5.74, 6) is -1.70. The summed E-state index contributed by atoms with van der Waals surface area (Å²) < 4.78 is 75.6. The Morgan fingerprint density at radius 2 is 1.77 bits per heavy atom. The zero-order chi connectivity index (χ0) is 17.1. The number of nitrogens with one attached hydrogen (secondary N) is 1. The lowest BCUT2D eigenvalue weighted by Crippen LogP contribution is -2.13. The van der Waals surface area contributed by atoms with Crippen molar-refractivity contribution in [3.63, 3.8) is 0 Å². The van der Waals surface area contributed by atoms with Gasteiger partial charge in [-0.2, -0.15) is 31.6 Å². The average Bonchev–Trinajstić information content (AvgIpc) is 2.36. The second kappa shape index (κ2) is 5.97. The van der Waals surface area contributed by atoms with E-state index in [1.165, 1.54) is 6.07 Å². The minimum atomic E-state index is -5.10. The Morgan fingerprint density at radius 3 is 2.18 bits per heavy atom. The van der Waals surface area contributed by atoms with Gasteiger partial charge in [0.15, 0.2) is 5.57 Å². The maximum atomic E-state index is 12.8. The van der Waals surface area contributed by atoms with E-state index < -0.39 is 40.7 Å². The molecule has 0 atom stereocenters. The standard InChI is InChI=1S/C12H6F6N2O2/c13-11(14,15)7-1-2-9(8(3-7)12(16,17)18)20-5-6(4-19)10(21)22/h1-3,5,20H,(H,21,22)/b6-5-. The van der Waals surface area contributed by atoms with Crippen LogP contribution in [0, 0.1) is 11.3 Å². The fourth-order valence-electron chi connectivity index (χ4n) is 1.37. The molecule has 0 amide bonds. The predicted molar refractivity (Wildman–Crippen MR) is 61.4 cm³/mol. The number of nitrogens with zero attached hydrogens (tertiary/aromatic N) is 1. The van der Waals surface area contributed by atoms with Gasteiger partial charge in [0.25, 0.3) is 0 Å². The number of alkyl halides is 6. The number of hydrogen-bond donors (Lipinski definition) is 2. The van der Waals surface area contributed by atoms with Crippen molar-refractivity contribution >= 4 is 11.7 Å². The Bertz CT molecular complexity index is 655. The van der Waals surface area contributed by atoms with Gasteiger partial charge < -0.3 is 10.4 Å². The van der Waals surface area contributed by atoms with Crippen molar-refractivity contribution in [3.8, 4) is 6.07 Å². The van der Waals surface area contributed by atoms with Crippen LogP contribution in [0.15, 0.2) is 30.0 Å². The highest BCUT2D eigenvalue weighted by Gasteiger charge is 2.38. The Kier molecular flexibility index (Phi) is 4.71. The number of carbonyl (C=O) groups is 1. The largest absolute Gasteiger partial charge is 0.477 e. The third kappa shape index (κ3) is 4.15. The van der Waals surface area contributed by atoms with E-state index in [0.717, 1.165) is 0 Å². The topological polar surface area (TPSA) is 73.1 Å². The lowest BCUT2D eigenvalue weighted by atomic mass is 10.1. The van der Waals surface area contributed by atoms with Crippen LogP contribution >= 0.6 is 0 Å². The van der Waals surface area contributed by atoms with Crippen molar-refractivity contribution in [1.82, 2.24) is 0 Å². The van der Waals surface area contributed by atoms with Crippen LogP contribution in [-0.2, 0) is 17.1 Å². The van der Waals surface area contributed by atoms with Crippen molar-refractivity contribution in [1.29, 1.82) is 5.26 Å². The van der Waals surface area contributed by atoms with E-state index in [9.17, 15) is 31.1 Å². The van der Waals surface area contributed by atoms with Crippen LogP contribution in [0.1, 0.15) is 11.1 Å². The van der Waals surface area contributed by atoms with Gasteiger partial charge in [0.1, 0.15) is 6.07 Å². The smallest absolute Gasteiger partial charge is 0.418 e. The molecule has 118 valence electrons. The molecule has 0 fully saturated rings. The van der Waals surface area contributed by atoms with Gasteiger partial charge in [0.05, 0.1) is 16.8 Å². The second-order valence-corrected chi connectivity index (χ2v) is 3.88. The highest BCUT2D eigenvalue weighted by atomic mass is 19.4. The van der Waals surface area contributed by atoms with E-state index in [-0.39, 0.29) is 6.07 Å². The summed E-state index contributed by atoms with van der Waals surface area (Å²) in [6, 6.07) is 2.00. The Hall–Kier alpha value is -2.70. The lowest BCUT2D eigenvalue weighted by molar-refractivity contribution is -0.142. The summed E-state index contributed by atoms with van der Waals surface area (Å²) in [4.78, 5) is 10.5. The van der Waals surface area contributed by atoms with E-state index in [0.29, 0.717) is 18.3 Å². The van der Waals surface area contributed by atoms with Gasteiger partial charge in [-0.3, -0.25) is 0 Å². The second-order valence-electron chi connectivity index (χ2n) is 3.88. The summed E-state index contributed by atoms with van der Waals surface area (Å²) in [6.45, 7) is 0. The lowest BCUT2D eigenvalue weighted by Gasteiger charge is -2.15. The van der Waals surface area contributed by atoms with Gasteiger partial charge in [0.2, 0.25) is 0 Å². The summed E-state index contributed by atoms with van der Waals surface area (Å²) in [5.41, 5.74) is -4.86. The minimum Gasteiger partial charge on any atom is -0.477 e. The zero-order valence-electron chi connectivity index (χ0n) is 10.4. The molecule has 0 bridgehead atoms. The van der Waals surface area contributed by atoms with Gasteiger partial charge in [-0.05, 0) is 18.2 Å². The Labute approximate surface area is 119 Å². The summed E-state index contributed by atoms with van der Waals surface area (Å²) >= 11 is 0. The molecule has 0 unspecified atom stereocenters. The number of carboxylic acid groups (broad SMARTS) is 1. The number of benzene rings is 1. The van der Waals surface area contributed by atoms with Crippen LogP contribution in [0.5, 0.6) is 0 Å². The molecule has 0 aliphatic heterocycles. The van der Waals surface area contributed by atoms with E-state index in [1.807, 2.05) is 5.32 Å². The molecule has 0 aromatic heterocycles. The third-order valence-corrected chi connectivity index (χ3v) is 2.38. The summed E-state index contributed by atoms with van der Waals surface area (Å²) in [6.07, 6.45) is -9.61. The maximum Gasteiger partial charge on any atom is 0.418 e. The van der Waals surface area contributed by atoms with Crippen molar-refractivity contribution in [3.05, 3.63) is 41.1 Å². The van der Waals surface area contributed by atoms with Gasteiger partial charge >= 0.3 is 18.3 Å². The summed E-state index contributed by atoms with van der Waals surface area (Å²) in [5, 5.41) is 18.9. The molecule has 0 saturated heterocycles. The van der Waals surface area contributed by atoms with E-state index in [2.05, 4.69) is 0 Å². The number of hydrogen-bond acceptors (Lipinski definition) is 3. The normalized spacial score (nSPS) is 12.7. The highest BCUT2D eigenvalue weighted by Crippen LogP contribution is 2.39. The fourth-order valence-corrected chi connectivity index (χ4v) is 1.37. The van der Waals surface area contributed by atoms with Crippen LogP contribution in [-0.4, -0.2) is 11.1 Å². The molecule has 22 heavy (non-hydrogen) atoms. The number of aliphatic carboxylic acids is 1. The maximum absolute atomic E-state index is 12.8. The molecule has 0 spiro atoms. The minimum absolute atomic E-state index is 0.108. The molecule has 1 aromatic carbocycles. The molecule has 10 heteroatoms. The van der Waals surface area contributed by atoms with Crippen molar-refractivity contribution in [2.75, 3.05) is 5.32 Å². The molecule has 0 aliphatic carbocycles. The molecule has 0 saturated carbocycles. The van der Waals surface area contributed by atoms with Crippen LogP contribution < -0.4 is 5.32 Å². The van der Waals surface area contributed by atoms with Crippen molar-refractivity contribution in [2.45, 2.75) is 12.4 Å². The molecule has 0 heterocycles. The quantitative estimate of drug-likeness (QED) is 0.506. The number of nitriles is 1. The monoisotopic (exact) mass is 324 g/mol. The Balaban J connectivity index is 3.32. The van der Waals surface area contributed by atoms with E-state index in [4.69, 9.17) is 10.4 Å². The molecule has 0 aliphatic rings. The van der Waals surface area contributed by atoms with E-state index >= 15 is 0 Å². The first kappa shape index (κ1) is 17.4. The number of rotatable bonds is 3. The van der Waals surface area contributed by atoms with Crippen LogP contribution in [0.2, 0.25) is 0 Å². The molecule has 4 nitrogen and oxygen atoms in total. The van der Waals surface area contributed by atoms with Crippen LogP contribution in [0.4, 0.5) is 32.0 Å². The predicted octanol–water partition coefficient (Wildman–Crippen LogP) is 3.63. The average molecular weight is 324 g/mol. The molecule has 2 N–H and O–H groups in total. The van der Waals surface area contributed by atoms with Gasteiger partial charge in [-0.15, -0.1) is 0 Å². The SMILES string of the molecule is N#C/C(=C/Nc1ccc(C(F)(F)F)cc1C(F)(F)F)C(=O)O. The third-order valence-electron chi connectivity index (χ3n) is 2.38. The van der Waals surface area contributed by atoms with Crippen LogP contribution in [0.25, 0.3) is 0 Å². The van der Waals surface area contributed by atoms with Gasteiger partial charge in [0, 0.05) is 6.20 Å². The summed E-state index contributed by atoms with van der Waals surface area (Å²) in [7, 11) is 0. The molecule has 1 rings (SSSR count). The van der Waals surface area contributed by atoms with Crippen LogP contribution in [0.3, 0.4) is 0 Å². The highest BCUT2D eigenvalue weighted by molar-refractivity contribution is 5.91. The van der Waals surface area contributed by atoms with Gasteiger partial charge in [-0.1, -0.05) is 0 Å². The first-order valence-corrected chi connectivity index (χ1v) is 5.35. The zero-order valence-corrected chi connectivity index (χ0v) is 10.4. The number of halogens is 6. The molecular formula is C12H6F6N2O2. The number of anilines is 1. The van der Waals surface area contributed by atoms with Crippen molar-refractivity contribution < 1.29 is 36.2 Å².